The quantitative estimate of drug-likeness (QED) is 0.486. The third kappa shape index (κ3) is 6.98. The van der Waals surface area contributed by atoms with Crippen molar-refractivity contribution in [1.29, 1.82) is 0 Å². The molecule has 0 spiro atoms. The largest absolute Gasteiger partial charge is 0.315 e. The summed E-state index contributed by atoms with van der Waals surface area (Å²) in [5.41, 5.74) is 1.44. The van der Waals surface area contributed by atoms with Gasteiger partial charge >= 0.3 is 0 Å². The molecular weight excluding hydrogens is 254 g/mol. The molecule has 0 fully saturated rings. The van der Waals surface area contributed by atoms with Crippen molar-refractivity contribution >= 4 is 11.6 Å². The second-order valence-electron chi connectivity index (χ2n) is 5.24. The van der Waals surface area contributed by atoms with E-state index in [2.05, 4.69) is 49.5 Å². The van der Waals surface area contributed by atoms with Gasteiger partial charge in [0.1, 0.15) is 0 Å². The summed E-state index contributed by atoms with van der Waals surface area (Å²) in [6.45, 7) is 6.47. The number of rotatable bonds is 10. The highest BCUT2D eigenvalue weighted by Gasteiger charge is 2.14. The van der Waals surface area contributed by atoms with Gasteiger partial charge in [-0.25, -0.2) is 0 Å². The Morgan fingerprint density at radius 1 is 1.05 bits per heavy atom. The number of halogens is 1. The van der Waals surface area contributed by atoms with E-state index >= 15 is 0 Å². The zero-order chi connectivity index (χ0) is 13.9. The van der Waals surface area contributed by atoms with E-state index in [1.807, 2.05) is 0 Å². The van der Waals surface area contributed by atoms with Crippen molar-refractivity contribution in [1.82, 2.24) is 5.32 Å². The molecule has 0 aliphatic carbocycles. The molecule has 1 aromatic rings. The molecule has 1 N–H and O–H groups in total. The van der Waals surface area contributed by atoms with Crippen LogP contribution in [0.15, 0.2) is 30.3 Å². The van der Waals surface area contributed by atoms with Gasteiger partial charge in [-0.3, -0.25) is 0 Å². The van der Waals surface area contributed by atoms with Crippen molar-refractivity contribution in [3.8, 4) is 0 Å². The van der Waals surface area contributed by atoms with Crippen molar-refractivity contribution < 1.29 is 0 Å². The van der Waals surface area contributed by atoms with Crippen LogP contribution in [0.4, 0.5) is 0 Å². The summed E-state index contributed by atoms with van der Waals surface area (Å²) >= 11 is 6.39. The predicted octanol–water partition coefficient (Wildman–Crippen LogP) is 4.64. The lowest BCUT2D eigenvalue weighted by atomic mass is 9.99. The first-order valence-corrected chi connectivity index (χ1v) is 8.10. The van der Waals surface area contributed by atoms with E-state index in [4.69, 9.17) is 11.6 Å². The van der Waals surface area contributed by atoms with E-state index < -0.39 is 0 Å². The molecule has 0 aliphatic heterocycles. The molecule has 108 valence electrons. The average Bonchev–Trinajstić information content (AvgIpc) is 2.45. The summed E-state index contributed by atoms with van der Waals surface area (Å²) < 4.78 is 0. The molecule has 1 rings (SSSR count). The second kappa shape index (κ2) is 10.3. The van der Waals surface area contributed by atoms with E-state index in [9.17, 15) is 0 Å². The van der Waals surface area contributed by atoms with Gasteiger partial charge in [0.15, 0.2) is 0 Å². The number of aryl methyl sites for hydroxylation is 1. The number of benzene rings is 1. The molecule has 0 amide bonds. The third-order valence-corrected chi connectivity index (χ3v) is 4.32. The molecule has 2 heteroatoms. The maximum atomic E-state index is 6.39. The lowest BCUT2D eigenvalue weighted by molar-refractivity contribution is 0.444. The molecule has 0 bridgehead atoms. The zero-order valence-corrected chi connectivity index (χ0v) is 13.1. The minimum Gasteiger partial charge on any atom is -0.315 e. The summed E-state index contributed by atoms with van der Waals surface area (Å²) in [7, 11) is 0. The summed E-state index contributed by atoms with van der Waals surface area (Å²) in [6.07, 6.45) is 6.01. The minimum absolute atomic E-state index is 0.282. The Morgan fingerprint density at radius 3 is 2.37 bits per heavy atom. The molecule has 1 aromatic carbocycles. The molecule has 1 atom stereocenters. The fourth-order valence-electron chi connectivity index (χ4n) is 2.43. The van der Waals surface area contributed by atoms with Gasteiger partial charge < -0.3 is 5.32 Å². The first-order valence-electron chi connectivity index (χ1n) is 7.66. The molecule has 0 radical (unpaired) electrons. The van der Waals surface area contributed by atoms with Gasteiger partial charge in [0, 0.05) is 11.9 Å². The molecule has 0 heterocycles. The Balaban J connectivity index is 2.02. The van der Waals surface area contributed by atoms with E-state index in [0.717, 1.165) is 13.1 Å². The predicted molar refractivity (Wildman–Crippen MR) is 86.0 cm³/mol. The van der Waals surface area contributed by atoms with Crippen LogP contribution in [0.1, 0.15) is 45.1 Å². The molecular formula is C17H28ClN. The highest BCUT2D eigenvalue weighted by molar-refractivity contribution is 6.21. The standard InChI is InChI=1S/C17H28ClN/c1-3-16(4-2)17(18)14-19-13-9-8-12-15-10-6-5-7-11-15/h5-7,10-11,16-17,19H,3-4,8-9,12-14H2,1-2H3. The summed E-state index contributed by atoms with van der Waals surface area (Å²) in [5.74, 6) is 0.651. The number of hydrogen-bond donors (Lipinski definition) is 1. The van der Waals surface area contributed by atoms with Gasteiger partial charge in [-0.15, -0.1) is 11.6 Å². The van der Waals surface area contributed by atoms with E-state index in [-0.39, 0.29) is 5.38 Å². The lowest BCUT2D eigenvalue weighted by Gasteiger charge is -2.19. The minimum atomic E-state index is 0.282. The molecule has 1 unspecified atom stereocenters. The second-order valence-corrected chi connectivity index (χ2v) is 5.80. The van der Waals surface area contributed by atoms with Crippen LogP contribution in [0.25, 0.3) is 0 Å². The Hall–Kier alpha value is -0.530. The molecule has 1 nitrogen and oxygen atoms in total. The van der Waals surface area contributed by atoms with Crippen LogP contribution in [-0.2, 0) is 6.42 Å². The summed E-state index contributed by atoms with van der Waals surface area (Å²) in [4.78, 5) is 0. The van der Waals surface area contributed by atoms with Gasteiger partial charge in [-0.1, -0.05) is 57.0 Å². The third-order valence-electron chi connectivity index (χ3n) is 3.81. The van der Waals surface area contributed by atoms with E-state index in [1.165, 1.54) is 37.7 Å². The summed E-state index contributed by atoms with van der Waals surface area (Å²) in [5, 5.41) is 3.77. The smallest absolute Gasteiger partial charge is 0.0488 e. The molecule has 19 heavy (non-hydrogen) atoms. The van der Waals surface area contributed by atoms with E-state index in [0.29, 0.717) is 5.92 Å². The van der Waals surface area contributed by atoms with Gasteiger partial charge in [0.25, 0.3) is 0 Å². The van der Waals surface area contributed by atoms with Crippen molar-refractivity contribution in [2.24, 2.45) is 5.92 Å². The number of nitrogens with one attached hydrogen (secondary N) is 1. The number of unbranched alkanes of at least 4 members (excludes halogenated alkanes) is 1. The van der Waals surface area contributed by atoms with Gasteiger partial charge in [-0.2, -0.15) is 0 Å². The van der Waals surface area contributed by atoms with Crippen LogP contribution in [0.5, 0.6) is 0 Å². The highest BCUT2D eigenvalue weighted by atomic mass is 35.5. The monoisotopic (exact) mass is 281 g/mol. The van der Waals surface area contributed by atoms with Crippen molar-refractivity contribution in [2.45, 2.75) is 51.3 Å². The van der Waals surface area contributed by atoms with Gasteiger partial charge in [-0.05, 0) is 37.3 Å². The van der Waals surface area contributed by atoms with Crippen LogP contribution < -0.4 is 5.32 Å². The number of hydrogen-bond acceptors (Lipinski definition) is 1. The average molecular weight is 282 g/mol. The topological polar surface area (TPSA) is 12.0 Å². The normalized spacial score (nSPS) is 12.8. The highest BCUT2D eigenvalue weighted by Crippen LogP contribution is 2.17. The van der Waals surface area contributed by atoms with Crippen LogP contribution in [-0.4, -0.2) is 18.5 Å². The molecule has 0 saturated heterocycles. The van der Waals surface area contributed by atoms with Crippen LogP contribution in [0, 0.1) is 5.92 Å². The molecule has 0 aliphatic rings. The Morgan fingerprint density at radius 2 is 1.74 bits per heavy atom. The SMILES string of the molecule is CCC(CC)C(Cl)CNCCCCc1ccccc1. The van der Waals surface area contributed by atoms with E-state index in [1.54, 1.807) is 0 Å². The lowest BCUT2D eigenvalue weighted by Crippen LogP contribution is -2.29. The first-order chi connectivity index (χ1) is 9.27. The van der Waals surface area contributed by atoms with Crippen LogP contribution in [0.3, 0.4) is 0 Å². The fourth-order valence-corrected chi connectivity index (χ4v) is 2.90. The van der Waals surface area contributed by atoms with Crippen LogP contribution >= 0.6 is 11.6 Å². The molecule has 0 saturated carbocycles. The van der Waals surface area contributed by atoms with Crippen molar-refractivity contribution in [2.75, 3.05) is 13.1 Å². The Kier molecular flexibility index (Phi) is 8.94. The van der Waals surface area contributed by atoms with Gasteiger partial charge in [0.2, 0.25) is 0 Å². The maximum Gasteiger partial charge on any atom is 0.0488 e. The van der Waals surface area contributed by atoms with Gasteiger partial charge in [0.05, 0.1) is 0 Å². The Labute approximate surface area is 123 Å². The summed E-state index contributed by atoms with van der Waals surface area (Å²) in [6, 6.07) is 10.7. The zero-order valence-electron chi connectivity index (χ0n) is 12.4. The first kappa shape index (κ1) is 16.5. The maximum absolute atomic E-state index is 6.39. The number of alkyl halides is 1. The fraction of sp³-hybridized carbons (Fsp3) is 0.647. The molecule has 0 aromatic heterocycles. The Bertz CT molecular complexity index is 308. The van der Waals surface area contributed by atoms with Crippen molar-refractivity contribution in [3.63, 3.8) is 0 Å². The van der Waals surface area contributed by atoms with Crippen molar-refractivity contribution in [3.05, 3.63) is 35.9 Å². The van der Waals surface area contributed by atoms with Crippen LogP contribution in [0.2, 0.25) is 0 Å².